The maximum absolute atomic E-state index is 11.8. The molecule has 100 valence electrons. The first-order valence-corrected chi connectivity index (χ1v) is 6.92. The maximum Gasteiger partial charge on any atom is 0.248 e. The van der Waals surface area contributed by atoms with E-state index in [4.69, 9.17) is 4.42 Å². The normalized spacial score (nSPS) is 11.2. The van der Waals surface area contributed by atoms with Gasteiger partial charge >= 0.3 is 0 Å². The van der Waals surface area contributed by atoms with E-state index in [1.54, 1.807) is 35.8 Å². The Morgan fingerprint density at radius 3 is 3.10 bits per heavy atom. The molecule has 20 heavy (non-hydrogen) atoms. The van der Waals surface area contributed by atoms with Crippen LogP contribution in [0.2, 0.25) is 0 Å². The predicted octanol–water partition coefficient (Wildman–Crippen LogP) is 3.85. The highest BCUT2D eigenvalue weighted by Gasteiger charge is 2.03. The lowest BCUT2D eigenvalue weighted by atomic mass is 10.3. The highest BCUT2D eigenvalue weighted by atomic mass is 32.1. The van der Waals surface area contributed by atoms with Gasteiger partial charge in [0, 0.05) is 11.8 Å². The zero-order chi connectivity index (χ0) is 13.9. The van der Waals surface area contributed by atoms with E-state index in [1.807, 2.05) is 25.1 Å². The molecule has 0 radical (unpaired) electrons. The molecule has 0 bridgehead atoms. The molecule has 3 aromatic rings. The van der Waals surface area contributed by atoms with Gasteiger partial charge in [-0.15, -0.1) is 11.3 Å². The van der Waals surface area contributed by atoms with Crippen molar-refractivity contribution in [3.8, 4) is 0 Å². The third-order valence-corrected chi connectivity index (χ3v) is 3.64. The molecule has 4 nitrogen and oxygen atoms in total. The molecular weight excluding hydrogens is 272 g/mol. The van der Waals surface area contributed by atoms with Crippen molar-refractivity contribution >= 4 is 39.2 Å². The molecule has 5 heteroatoms. The molecule has 0 saturated carbocycles. The van der Waals surface area contributed by atoms with Gasteiger partial charge in [-0.05, 0) is 43.3 Å². The molecule has 0 saturated heterocycles. The van der Waals surface area contributed by atoms with Crippen molar-refractivity contribution in [1.29, 1.82) is 0 Å². The molecule has 1 amide bonds. The van der Waals surface area contributed by atoms with Gasteiger partial charge < -0.3 is 9.73 Å². The van der Waals surface area contributed by atoms with E-state index in [9.17, 15) is 4.79 Å². The summed E-state index contributed by atoms with van der Waals surface area (Å²) in [6, 6.07) is 9.25. The molecule has 1 N–H and O–H groups in total. The van der Waals surface area contributed by atoms with Crippen molar-refractivity contribution in [3.63, 3.8) is 0 Å². The molecule has 0 spiro atoms. The highest BCUT2D eigenvalue weighted by Crippen LogP contribution is 2.24. The number of nitrogens with one attached hydrogen (secondary N) is 1. The molecule has 3 rings (SSSR count). The second-order valence-electron chi connectivity index (χ2n) is 4.25. The largest absolute Gasteiger partial charge is 0.465 e. The molecule has 2 aromatic heterocycles. The van der Waals surface area contributed by atoms with Crippen molar-refractivity contribution < 1.29 is 9.21 Å². The summed E-state index contributed by atoms with van der Waals surface area (Å²) in [5.74, 6) is 0.454. The molecule has 0 unspecified atom stereocenters. The Labute approximate surface area is 119 Å². The van der Waals surface area contributed by atoms with Crippen molar-refractivity contribution in [2.75, 3.05) is 5.32 Å². The number of thiazole rings is 1. The van der Waals surface area contributed by atoms with Crippen LogP contribution in [-0.4, -0.2) is 10.9 Å². The minimum absolute atomic E-state index is 0.193. The van der Waals surface area contributed by atoms with Crippen LogP contribution in [0.1, 0.15) is 10.8 Å². The summed E-state index contributed by atoms with van der Waals surface area (Å²) in [5.41, 5.74) is 1.71. The Kier molecular flexibility index (Phi) is 3.35. The van der Waals surface area contributed by atoms with Gasteiger partial charge in [-0.3, -0.25) is 4.79 Å². The summed E-state index contributed by atoms with van der Waals surface area (Å²) in [4.78, 5) is 16.2. The van der Waals surface area contributed by atoms with Gasteiger partial charge in [0.25, 0.3) is 0 Å². The van der Waals surface area contributed by atoms with Crippen LogP contribution in [0.25, 0.3) is 16.3 Å². The Morgan fingerprint density at radius 2 is 2.30 bits per heavy atom. The zero-order valence-corrected chi connectivity index (χ0v) is 11.6. The number of anilines is 1. The van der Waals surface area contributed by atoms with Gasteiger partial charge in [0.2, 0.25) is 5.91 Å². The second kappa shape index (κ2) is 5.30. The lowest BCUT2D eigenvalue weighted by Gasteiger charge is -2.01. The SMILES string of the molecule is Cc1nc2ccc(NC(=O)C=Cc3ccco3)cc2s1. The Bertz CT molecular complexity index is 772. The maximum atomic E-state index is 11.8. The first-order chi connectivity index (χ1) is 9.70. The van der Waals surface area contributed by atoms with Crippen molar-refractivity contribution in [3.05, 3.63) is 53.4 Å². The minimum Gasteiger partial charge on any atom is -0.465 e. The van der Waals surface area contributed by atoms with Crippen molar-refractivity contribution in [2.24, 2.45) is 0 Å². The first kappa shape index (κ1) is 12.6. The number of furan rings is 1. The molecule has 0 aliphatic carbocycles. The number of aryl methyl sites for hydroxylation is 1. The van der Waals surface area contributed by atoms with E-state index < -0.39 is 0 Å². The van der Waals surface area contributed by atoms with E-state index in [2.05, 4.69) is 10.3 Å². The predicted molar refractivity (Wildman–Crippen MR) is 80.7 cm³/mol. The van der Waals surface area contributed by atoms with Crippen LogP contribution >= 0.6 is 11.3 Å². The standard InChI is InChI=1S/C15H12N2O2S/c1-10-16-13-6-4-11(9-14(13)20-10)17-15(18)7-5-12-3-2-8-19-12/h2-9H,1H3,(H,17,18). The Balaban J connectivity index is 1.73. The number of aromatic nitrogens is 1. The van der Waals surface area contributed by atoms with Gasteiger partial charge in [0.15, 0.2) is 0 Å². The fourth-order valence-corrected chi connectivity index (χ4v) is 2.71. The summed E-state index contributed by atoms with van der Waals surface area (Å²) >= 11 is 1.61. The average Bonchev–Trinajstić information content (AvgIpc) is 3.04. The molecule has 2 heterocycles. The van der Waals surface area contributed by atoms with Crippen molar-refractivity contribution in [2.45, 2.75) is 6.92 Å². The lowest BCUT2D eigenvalue weighted by Crippen LogP contribution is -2.07. The van der Waals surface area contributed by atoms with Crippen LogP contribution in [0.4, 0.5) is 5.69 Å². The van der Waals surface area contributed by atoms with E-state index in [0.29, 0.717) is 5.76 Å². The fraction of sp³-hybridized carbons (Fsp3) is 0.0667. The fourth-order valence-electron chi connectivity index (χ4n) is 1.85. The van der Waals surface area contributed by atoms with Crippen LogP contribution in [0.5, 0.6) is 0 Å². The number of rotatable bonds is 3. The zero-order valence-electron chi connectivity index (χ0n) is 10.8. The first-order valence-electron chi connectivity index (χ1n) is 6.10. The summed E-state index contributed by atoms with van der Waals surface area (Å²) in [7, 11) is 0. The summed E-state index contributed by atoms with van der Waals surface area (Å²) in [6.07, 6.45) is 4.64. The highest BCUT2D eigenvalue weighted by molar-refractivity contribution is 7.18. The van der Waals surface area contributed by atoms with Crippen LogP contribution in [0, 0.1) is 6.92 Å². The van der Waals surface area contributed by atoms with Gasteiger partial charge in [0.05, 0.1) is 21.5 Å². The summed E-state index contributed by atoms with van der Waals surface area (Å²) in [5, 5.41) is 3.83. The minimum atomic E-state index is -0.193. The number of hydrogen-bond acceptors (Lipinski definition) is 4. The van der Waals surface area contributed by atoms with Crippen LogP contribution in [0.15, 0.2) is 47.1 Å². The molecular formula is C15H12N2O2S. The van der Waals surface area contributed by atoms with Crippen LogP contribution in [-0.2, 0) is 4.79 Å². The van der Waals surface area contributed by atoms with Gasteiger partial charge in [-0.2, -0.15) is 0 Å². The second-order valence-corrected chi connectivity index (χ2v) is 5.49. The molecule has 0 fully saturated rings. The topological polar surface area (TPSA) is 55.1 Å². The quantitative estimate of drug-likeness (QED) is 0.743. The number of fused-ring (bicyclic) bond motifs is 1. The number of carbonyl (C=O) groups excluding carboxylic acids is 1. The number of hydrogen-bond donors (Lipinski definition) is 1. The van der Waals surface area contributed by atoms with E-state index in [0.717, 1.165) is 20.9 Å². The van der Waals surface area contributed by atoms with Crippen molar-refractivity contribution in [1.82, 2.24) is 4.98 Å². The Morgan fingerprint density at radius 1 is 1.40 bits per heavy atom. The van der Waals surface area contributed by atoms with Gasteiger partial charge in [-0.1, -0.05) is 0 Å². The molecule has 0 aliphatic heterocycles. The van der Waals surface area contributed by atoms with E-state index in [-0.39, 0.29) is 5.91 Å². The van der Waals surface area contributed by atoms with Crippen LogP contribution in [0.3, 0.4) is 0 Å². The molecule has 0 aliphatic rings. The van der Waals surface area contributed by atoms with E-state index >= 15 is 0 Å². The number of amides is 1. The monoisotopic (exact) mass is 284 g/mol. The van der Waals surface area contributed by atoms with Gasteiger partial charge in [0.1, 0.15) is 5.76 Å². The smallest absolute Gasteiger partial charge is 0.248 e. The third-order valence-electron chi connectivity index (χ3n) is 2.71. The Hall–Kier alpha value is -2.40. The number of nitrogens with zero attached hydrogens (tertiary/aromatic N) is 1. The summed E-state index contributed by atoms with van der Waals surface area (Å²) in [6.45, 7) is 1.97. The van der Waals surface area contributed by atoms with Crippen LogP contribution < -0.4 is 5.32 Å². The van der Waals surface area contributed by atoms with Gasteiger partial charge in [-0.25, -0.2) is 4.98 Å². The average molecular weight is 284 g/mol. The molecule has 0 atom stereocenters. The number of benzene rings is 1. The van der Waals surface area contributed by atoms with E-state index in [1.165, 1.54) is 6.08 Å². The number of carbonyl (C=O) groups is 1. The third kappa shape index (κ3) is 2.78. The molecule has 1 aromatic carbocycles. The summed E-state index contributed by atoms with van der Waals surface area (Å²) < 4.78 is 6.19. The lowest BCUT2D eigenvalue weighted by molar-refractivity contribution is -0.111.